The lowest BCUT2D eigenvalue weighted by Crippen LogP contribution is -2.46. The van der Waals surface area contributed by atoms with Crippen molar-refractivity contribution >= 4 is 41.8 Å². The Morgan fingerprint density at radius 1 is 0.336 bits per heavy atom. The maximum absolute atomic E-state index is 13.5. The SMILES string of the molecule is C.C.C.C.C.C.C.C.C.C.CCC1CC(CC)C2C3CC(C(C(=O)OC)C3C(=O)OC(C)(C)C)C12.CCC1CC(CC)C2C3CC(C(C(=O)OC)C3C(=O)OC3(CC)CCCC3)C12.CCC1CC(CC)C2C3CC(C(COC)C3C(=O)OC)C12.CCC1OC(CC)C2C3OC(CC3C(=O)OC(C)(C)C)C12.CCOC(=O)C1C(C)C2OC1C1C(CC)OC(CC)C21. The van der Waals surface area contributed by atoms with E-state index in [0.717, 1.165) is 107 Å². The van der Waals surface area contributed by atoms with E-state index in [2.05, 4.69) is 83.1 Å². The average Bonchev–Trinajstić information content (AvgIpc) is 1.56. The number of hydrogen-bond acceptors (Lipinski definition) is 19. The monoisotopic (exact) mass is 1770 g/mol. The van der Waals surface area contributed by atoms with Crippen LogP contribution in [0.15, 0.2) is 0 Å². The molecule has 6 aliphatic heterocycles. The predicted molar refractivity (Wildman–Crippen MR) is 505 cm³/mol. The van der Waals surface area contributed by atoms with Gasteiger partial charge in [0.2, 0.25) is 0 Å². The van der Waals surface area contributed by atoms with Crippen molar-refractivity contribution in [1.82, 2.24) is 0 Å². The van der Waals surface area contributed by atoms with Crippen LogP contribution >= 0.6 is 0 Å². The Hall–Kier alpha value is -3.91. The molecule has 0 aromatic carbocycles. The first kappa shape index (κ1) is 117. The van der Waals surface area contributed by atoms with Gasteiger partial charge in [-0.05, 0) is 270 Å². The highest BCUT2D eigenvalue weighted by molar-refractivity contribution is 5.85. The van der Waals surface area contributed by atoms with Crippen molar-refractivity contribution in [2.75, 3.05) is 41.7 Å². The van der Waals surface area contributed by atoms with Crippen molar-refractivity contribution in [3.63, 3.8) is 0 Å². The van der Waals surface area contributed by atoms with E-state index in [-0.39, 0.29) is 212 Å². The number of hydrogen-bond donors (Lipinski definition) is 0. The quantitative estimate of drug-likeness (QED) is 0.0724. The van der Waals surface area contributed by atoms with Gasteiger partial charge in [0.05, 0.1) is 125 Å². The molecule has 6 heterocycles. The normalized spacial score (nSPS) is 41.6. The maximum Gasteiger partial charge on any atom is 0.312 e. The molecule has 16 fully saturated rings. The summed E-state index contributed by atoms with van der Waals surface area (Å²) < 4.78 is 68.5. The molecule has 0 amide bonds. The van der Waals surface area contributed by atoms with Crippen molar-refractivity contribution in [1.29, 1.82) is 0 Å². The summed E-state index contributed by atoms with van der Waals surface area (Å²) in [6, 6.07) is 0. The number of carbonyl (C=O) groups is 7. The summed E-state index contributed by atoms with van der Waals surface area (Å²) in [4.78, 5) is 88.9. The summed E-state index contributed by atoms with van der Waals surface area (Å²) in [6.45, 7) is 41.2. The predicted octanol–water partition coefficient (Wildman–Crippen LogP) is 24.1. The zero-order valence-corrected chi connectivity index (χ0v) is 75.2. The van der Waals surface area contributed by atoms with E-state index in [1.165, 1.54) is 85.5 Å². The van der Waals surface area contributed by atoms with Gasteiger partial charge in [-0.3, -0.25) is 33.6 Å². The third-order valence-electron chi connectivity index (χ3n) is 34.2. The Morgan fingerprint density at radius 2 is 0.672 bits per heavy atom. The molecule has 0 N–H and O–H groups in total. The Kier molecular flexibility index (Phi) is 45.1. The molecule has 39 atom stereocenters. The van der Waals surface area contributed by atoms with E-state index >= 15 is 0 Å². The zero-order chi connectivity index (χ0) is 83.5. The molecular weight excluding hydrogens is 1580 g/mol. The van der Waals surface area contributed by atoms with Gasteiger partial charge in [-0.1, -0.05) is 196 Å². The van der Waals surface area contributed by atoms with Crippen LogP contribution in [-0.4, -0.2) is 149 Å². The Balaban J connectivity index is 0.000000521. The zero-order valence-electron chi connectivity index (χ0n) is 75.2. The molecule has 19 heteroatoms. The summed E-state index contributed by atoms with van der Waals surface area (Å²) in [7, 11) is 6.22. The lowest BCUT2D eigenvalue weighted by Gasteiger charge is -2.40. The Morgan fingerprint density at radius 3 is 1.03 bits per heavy atom. The lowest BCUT2D eigenvalue weighted by atomic mass is 9.65. The van der Waals surface area contributed by atoms with E-state index in [1.54, 1.807) is 7.11 Å². The molecule has 6 saturated heterocycles. The molecule has 0 aromatic heterocycles. The van der Waals surface area contributed by atoms with Gasteiger partial charge in [0.15, 0.2) is 0 Å². The van der Waals surface area contributed by atoms with Gasteiger partial charge in [0.25, 0.3) is 0 Å². The van der Waals surface area contributed by atoms with Crippen LogP contribution in [-0.2, 0) is 90.4 Å². The molecule has 0 spiro atoms. The largest absolute Gasteiger partial charge is 0.469 e. The topological polar surface area (TPSA) is 230 Å². The molecule has 10 saturated carbocycles. The van der Waals surface area contributed by atoms with Crippen molar-refractivity contribution in [3.8, 4) is 0 Å². The summed E-state index contributed by atoms with van der Waals surface area (Å²) in [5.41, 5.74) is -1.24. The number of esters is 7. The molecule has 19 nitrogen and oxygen atoms in total. The van der Waals surface area contributed by atoms with Crippen molar-refractivity contribution in [2.45, 2.75) is 413 Å². The lowest BCUT2D eigenvalue weighted by molar-refractivity contribution is -0.176. The van der Waals surface area contributed by atoms with Gasteiger partial charge in [0, 0.05) is 30.8 Å². The molecule has 0 radical (unpaired) electrons. The molecule has 10 bridgehead atoms. The highest BCUT2D eigenvalue weighted by Crippen LogP contribution is 2.72. The van der Waals surface area contributed by atoms with E-state index in [1.807, 2.05) is 48.5 Å². The maximum atomic E-state index is 13.5. The molecule has 10 aliphatic carbocycles. The summed E-state index contributed by atoms with van der Waals surface area (Å²) >= 11 is 0. The van der Waals surface area contributed by atoms with E-state index in [0.29, 0.717) is 125 Å². The smallest absolute Gasteiger partial charge is 0.312 e. The molecule has 0 aromatic rings. The molecule has 16 rings (SSSR count). The fourth-order valence-corrected chi connectivity index (χ4v) is 30.3. The van der Waals surface area contributed by atoms with Crippen LogP contribution in [0, 0.1) is 183 Å². The Labute approximate surface area is 766 Å². The third kappa shape index (κ3) is 21.5. The first-order valence-corrected chi connectivity index (χ1v) is 47.1. The van der Waals surface area contributed by atoms with Crippen LogP contribution in [0.2, 0.25) is 0 Å². The number of rotatable bonds is 22. The minimum Gasteiger partial charge on any atom is -0.469 e. The number of fused-ring (bicyclic) bond motifs is 25. The van der Waals surface area contributed by atoms with Crippen molar-refractivity contribution < 1.29 is 90.4 Å². The van der Waals surface area contributed by atoms with E-state index in [4.69, 9.17) is 56.8 Å². The fraction of sp³-hybridized carbons (Fsp3) is 0.934. The summed E-state index contributed by atoms with van der Waals surface area (Å²) in [5.74, 6) is 11.0. The van der Waals surface area contributed by atoms with Gasteiger partial charge < -0.3 is 56.8 Å². The molecule has 125 heavy (non-hydrogen) atoms. The fourth-order valence-electron chi connectivity index (χ4n) is 30.3. The van der Waals surface area contributed by atoms with Gasteiger partial charge >= 0.3 is 41.8 Å². The third-order valence-corrected chi connectivity index (χ3v) is 34.2. The first-order valence-electron chi connectivity index (χ1n) is 47.1. The molecule has 39 unspecified atom stereocenters. The van der Waals surface area contributed by atoms with E-state index in [9.17, 15) is 33.6 Å². The second kappa shape index (κ2) is 48.1. The van der Waals surface area contributed by atoms with Crippen LogP contribution < -0.4 is 0 Å². The van der Waals surface area contributed by atoms with Gasteiger partial charge in [-0.15, -0.1) is 0 Å². The highest BCUT2D eigenvalue weighted by atomic mass is 16.6. The van der Waals surface area contributed by atoms with Crippen LogP contribution in [0.1, 0.15) is 347 Å². The van der Waals surface area contributed by atoms with Crippen LogP contribution in [0.25, 0.3) is 0 Å². The highest BCUT2D eigenvalue weighted by Gasteiger charge is 2.72. The first-order chi connectivity index (χ1) is 54.9. The minimum atomic E-state index is -0.523. The summed E-state index contributed by atoms with van der Waals surface area (Å²) in [5, 5.41) is 0. The Bertz CT molecular complexity index is 3320. The standard InChI is InChI=1S/C24H38O4.C21H34O4.C18H30O3.C17H28O4.C16H26O4.10CH4/c1-5-14-12-15(6-2)19-17-13-16(18(14)19)20(22(25)27-4)21(17)23(26)28-24(7-3)10-8-9-11-24;1-7-11-9-12(8-2)16-14-10-13(15(11)16)17(19(22)24-6)18(14)20(23)25-21(3,4)5;1-5-10-7-11(6-2)16-13-8-12(15(10)16)14(9-20-3)17(13)18(19)21-4;1-6-10-13-12-8-9(16(18)21-17(3,4)5)15(20-12)14(13)11(7-2)19-10;1-5-9-12-13(10(6-2)19-9)15-11(16(17)18-7-3)8(4)14(12)20-15;;;;;;;;;;/h14-21H,5-13H2,1-4H3;11-18H,7-10H2,1-6H3;10-17H,5-9H2,1-4H3;9-15H,6-8H2,1-5H3;8-15H,5-7H2,1-4H3;10*1H4. The van der Waals surface area contributed by atoms with Crippen LogP contribution in [0.4, 0.5) is 0 Å². The minimum absolute atomic E-state index is 0. The van der Waals surface area contributed by atoms with Gasteiger partial charge in [0.1, 0.15) is 16.8 Å². The average molecular weight is 1770 g/mol. The summed E-state index contributed by atoms with van der Waals surface area (Å²) in [6.07, 6.45) is 25.8. The number of ether oxygens (including phenoxy) is 12. The second-order valence-corrected chi connectivity index (χ2v) is 41.0. The van der Waals surface area contributed by atoms with Crippen molar-refractivity contribution in [2.24, 2.45) is 183 Å². The van der Waals surface area contributed by atoms with Crippen LogP contribution in [0.5, 0.6) is 0 Å². The van der Waals surface area contributed by atoms with E-state index < -0.39 is 11.2 Å². The second-order valence-electron chi connectivity index (χ2n) is 41.0. The van der Waals surface area contributed by atoms with Crippen molar-refractivity contribution in [3.05, 3.63) is 0 Å². The van der Waals surface area contributed by atoms with Gasteiger partial charge in [-0.25, -0.2) is 0 Å². The molecule has 734 valence electrons. The molecular formula is C106H196O19. The van der Waals surface area contributed by atoms with Crippen LogP contribution in [0.3, 0.4) is 0 Å². The number of methoxy groups -OCH3 is 4. The molecule has 16 aliphatic rings. The number of carbonyl (C=O) groups excluding carboxylic acids is 7. The van der Waals surface area contributed by atoms with Gasteiger partial charge in [-0.2, -0.15) is 0 Å².